The average Bonchev–Trinajstić information content (AvgIpc) is 2.79. The lowest BCUT2D eigenvalue weighted by Crippen LogP contribution is -2.23. The van der Waals surface area contributed by atoms with Gasteiger partial charge in [0, 0.05) is 13.6 Å². The molecule has 1 atom stereocenters. The topological polar surface area (TPSA) is 29.5 Å². The monoisotopic (exact) mass is 291 g/mol. The average molecular weight is 291 g/mol. The largest absolute Gasteiger partial charge is 0.497 e. The number of allylic oxidation sites excluding steroid dienone is 1. The molecule has 0 aliphatic carbocycles. The van der Waals surface area contributed by atoms with Gasteiger partial charge in [0.25, 0.3) is 0 Å². The van der Waals surface area contributed by atoms with Gasteiger partial charge in [0.05, 0.1) is 12.4 Å². The van der Waals surface area contributed by atoms with Gasteiger partial charge < -0.3 is 9.64 Å². The van der Waals surface area contributed by atoms with Gasteiger partial charge in [-0.3, -0.25) is 4.79 Å². The van der Waals surface area contributed by atoms with Gasteiger partial charge in [0.15, 0.2) is 0 Å². The number of hydrogen-bond acceptors (Lipinski definition) is 3. The molecule has 1 amide bonds. The lowest BCUT2D eigenvalue weighted by molar-refractivity contribution is -0.126. The number of carbonyl (C=O) groups is 1. The SMILES string of the molecule is COc1cccc(/C=C/CCSC2CCN(C)C2=O)c1. The molecule has 20 heavy (non-hydrogen) atoms. The van der Waals surface area contributed by atoms with E-state index in [1.54, 1.807) is 18.9 Å². The van der Waals surface area contributed by atoms with E-state index in [1.165, 1.54) is 0 Å². The Labute approximate surface area is 125 Å². The summed E-state index contributed by atoms with van der Waals surface area (Å²) >= 11 is 1.77. The summed E-state index contributed by atoms with van der Waals surface area (Å²) in [6.07, 6.45) is 6.23. The second-order valence-corrected chi connectivity index (χ2v) is 6.19. The van der Waals surface area contributed by atoms with E-state index in [0.717, 1.165) is 36.5 Å². The Bertz CT molecular complexity index is 487. The Hall–Kier alpha value is -1.42. The van der Waals surface area contributed by atoms with Crippen molar-refractivity contribution in [1.29, 1.82) is 0 Å². The predicted octanol–water partition coefficient (Wildman–Crippen LogP) is 3.06. The van der Waals surface area contributed by atoms with E-state index >= 15 is 0 Å². The number of hydrogen-bond donors (Lipinski definition) is 0. The number of amides is 1. The second-order valence-electron chi connectivity index (χ2n) is 4.88. The van der Waals surface area contributed by atoms with Crippen LogP contribution in [0.15, 0.2) is 30.3 Å². The molecule has 3 nitrogen and oxygen atoms in total. The first-order valence-corrected chi connectivity index (χ1v) is 7.93. The molecule has 1 aromatic carbocycles. The molecule has 1 unspecified atom stereocenters. The van der Waals surface area contributed by atoms with Crippen molar-refractivity contribution in [3.05, 3.63) is 35.9 Å². The minimum atomic E-state index is 0.171. The minimum absolute atomic E-state index is 0.171. The van der Waals surface area contributed by atoms with Crippen molar-refractivity contribution in [2.24, 2.45) is 0 Å². The van der Waals surface area contributed by atoms with Gasteiger partial charge in [-0.2, -0.15) is 0 Å². The summed E-state index contributed by atoms with van der Waals surface area (Å²) in [5.74, 6) is 2.15. The maximum absolute atomic E-state index is 11.7. The Kier molecular flexibility index (Phi) is 5.53. The van der Waals surface area contributed by atoms with Crippen LogP contribution in [0.2, 0.25) is 0 Å². The highest BCUT2D eigenvalue weighted by Gasteiger charge is 2.28. The van der Waals surface area contributed by atoms with Crippen LogP contribution in [0, 0.1) is 0 Å². The third kappa shape index (κ3) is 4.04. The lowest BCUT2D eigenvalue weighted by Gasteiger charge is -2.08. The number of carbonyl (C=O) groups excluding carboxylic acids is 1. The molecule has 0 bridgehead atoms. The summed E-state index contributed by atoms with van der Waals surface area (Å²) in [6.45, 7) is 0.899. The predicted molar refractivity (Wildman–Crippen MR) is 85.1 cm³/mol. The summed E-state index contributed by atoms with van der Waals surface area (Å²) in [6, 6.07) is 8.00. The van der Waals surface area contributed by atoms with Crippen LogP contribution in [0.4, 0.5) is 0 Å². The Morgan fingerprint density at radius 3 is 3.05 bits per heavy atom. The van der Waals surface area contributed by atoms with Crippen molar-refractivity contribution in [1.82, 2.24) is 4.90 Å². The van der Waals surface area contributed by atoms with E-state index < -0.39 is 0 Å². The number of benzene rings is 1. The van der Waals surface area contributed by atoms with Crippen LogP contribution in [0.25, 0.3) is 6.08 Å². The molecule has 0 aromatic heterocycles. The van der Waals surface area contributed by atoms with Gasteiger partial charge in [0.2, 0.25) is 5.91 Å². The third-order valence-corrected chi connectivity index (χ3v) is 4.70. The number of ether oxygens (including phenoxy) is 1. The van der Waals surface area contributed by atoms with Crippen LogP contribution in [0.5, 0.6) is 5.75 Å². The molecular formula is C16H21NO2S. The Balaban J connectivity index is 1.73. The zero-order valence-electron chi connectivity index (χ0n) is 12.0. The highest BCUT2D eigenvalue weighted by molar-refractivity contribution is 8.00. The fraction of sp³-hybridized carbons (Fsp3) is 0.438. The van der Waals surface area contributed by atoms with Crippen molar-refractivity contribution < 1.29 is 9.53 Å². The standard InChI is InChI=1S/C16H21NO2S/c1-17-10-9-15(16(17)18)20-11-4-3-6-13-7-5-8-14(12-13)19-2/h3,5-8,12,15H,4,9-11H2,1-2H3/b6-3+. The van der Waals surface area contributed by atoms with Gasteiger partial charge in [-0.05, 0) is 36.3 Å². The van der Waals surface area contributed by atoms with Crippen molar-refractivity contribution in [2.75, 3.05) is 26.5 Å². The number of methoxy groups -OCH3 is 1. The number of thioether (sulfide) groups is 1. The summed E-state index contributed by atoms with van der Waals surface area (Å²) in [4.78, 5) is 13.6. The maximum Gasteiger partial charge on any atom is 0.235 e. The minimum Gasteiger partial charge on any atom is -0.497 e. The van der Waals surface area contributed by atoms with Crippen LogP contribution in [-0.2, 0) is 4.79 Å². The molecule has 1 heterocycles. The molecule has 1 saturated heterocycles. The molecule has 1 aromatic rings. The summed E-state index contributed by atoms with van der Waals surface area (Å²) < 4.78 is 5.19. The van der Waals surface area contributed by atoms with Gasteiger partial charge in [0.1, 0.15) is 5.75 Å². The zero-order valence-corrected chi connectivity index (χ0v) is 12.9. The fourth-order valence-electron chi connectivity index (χ4n) is 2.19. The highest BCUT2D eigenvalue weighted by Crippen LogP contribution is 2.23. The van der Waals surface area contributed by atoms with Crippen LogP contribution >= 0.6 is 11.8 Å². The highest BCUT2D eigenvalue weighted by atomic mass is 32.2. The summed E-state index contributed by atoms with van der Waals surface area (Å²) in [5, 5.41) is 0.171. The van der Waals surface area contributed by atoms with Crippen molar-refractivity contribution >= 4 is 23.7 Å². The molecule has 0 spiro atoms. The van der Waals surface area contributed by atoms with E-state index in [4.69, 9.17) is 4.74 Å². The quantitative estimate of drug-likeness (QED) is 0.754. The van der Waals surface area contributed by atoms with Crippen molar-refractivity contribution in [3.8, 4) is 5.75 Å². The van der Waals surface area contributed by atoms with Crippen molar-refractivity contribution in [3.63, 3.8) is 0 Å². The molecule has 1 aliphatic rings. The van der Waals surface area contributed by atoms with E-state index in [2.05, 4.69) is 18.2 Å². The number of likely N-dealkylation sites (tertiary alicyclic amines) is 1. The fourth-order valence-corrected chi connectivity index (χ4v) is 3.34. The Morgan fingerprint density at radius 1 is 1.50 bits per heavy atom. The first-order chi connectivity index (χ1) is 9.70. The molecular weight excluding hydrogens is 270 g/mol. The van der Waals surface area contributed by atoms with Crippen LogP contribution in [0.3, 0.4) is 0 Å². The molecule has 0 saturated carbocycles. The molecule has 108 valence electrons. The van der Waals surface area contributed by atoms with Gasteiger partial charge in [-0.25, -0.2) is 0 Å². The molecule has 1 aliphatic heterocycles. The van der Waals surface area contributed by atoms with Crippen LogP contribution in [0.1, 0.15) is 18.4 Å². The zero-order chi connectivity index (χ0) is 14.4. The van der Waals surface area contributed by atoms with Crippen LogP contribution < -0.4 is 4.74 Å². The van der Waals surface area contributed by atoms with Gasteiger partial charge in [-0.1, -0.05) is 24.3 Å². The lowest BCUT2D eigenvalue weighted by atomic mass is 10.2. The van der Waals surface area contributed by atoms with Gasteiger partial charge in [-0.15, -0.1) is 11.8 Å². The number of rotatable bonds is 6. The summed E-state index contributed by atoms with van der Waals surface area (Å²) in [5.41, 5.74) is 1.14. The smallest absolute Gasteiger partial charge is 0.235 e. The van der Waals surface area contributed by atoms with Gasteiger partial charge >= 0.3 is 0 Å². The molecule has 0 N–H and O–H groups in total. The number of nitrogens with zero attached hydrogens (tertiary/aromatic N) is 1. The van der Waals surface area contributed by atoms with Crippen LogP contribution in [-0.4, -0.2) is 42.5 Å². The normalized spacial score (nSPS) is 19.0. The Morgan fingerprint density at radius 2 is 2.35 bits per heavy atom. The molecule has 4 heteroatoms. The van der Waals surface area contributed by atoms with E-state index in [-0.39, 0.29) is 11.2 Å². The van der Waals surface area contributed by atoms with E-state index in [0.29, 0.717) is 0 Å². The molecule has 0 radical (unpaired) electrons. The van der Waals surface area contributed by atoms with Crippen molar-refractivity contribution in [2.45, 2.75) is 18.1 Å². The third-order valence-electron chi connectivity index (χ3n) is 3.39. The molecule has 1 fully saturated rings. The van der Waals surface area contributed by atoms with E-state index in [9.17, 15) is 4.79 Å². The first-order valence-electron chi connectivity index (χ1n) is 6.88. The first kappa shape index (κ1) is 15.0. The molecule has 2 rings (SSSR count). The second kappa shape index (κ2) is 7.39. The summed E-state index contributed by atoms with van der Waals surface area (Å²) in [7, 11) is 3.56. The van der Waals surface area contributed by atoms with E-state index in [1.807, 2.05) is 30.1 Å². The maximum atomic E-state index is 11.7.